The van der Waals surface area contributed by atoms with Crippen LogP contribution >= 0.6 is 47.0 Å². The third kappa shape index (κ3) is 16.1. The van der Waals surface area contributed by atoms with E-state index in [9.17, 15) is 19.8 Å². The average Bonchev–Trinajstić information content (AvgIpc) is 3.77. The highest BCUT2D eigenvalue weighted by atomic mass is 31.0. The molecule has 5 aliphatic heterocycles. The molecule has 0 amide bonds. The van der Waals surface area contributed by atoms with Crippen LogP contribution in [0.3, 0.4) is 0 Å². The van der Waals surface area contributed by atoms with Crippen LogP contribution in [-0.2, 0) is 9.59 Å². The van der Waals surface area contributed by atoms with Gasteiger partial charge in [-0.15, -0.1) is 0 Å². The van der Waals surface area contributed by atoms with Crippen molar-refractivity contribution in [1.82, 2.24) is 23.4 Å². The van der Waals surface area contributed by atoms with Crippen molar-refractivity contribution >= 4 is 58.5 Å². The van der Waals surface area contributed by atoms with E-state index in [2.05, 4.69) is 83.6 Å². The molecule has 0 aromatic heterocycles. The Hall–Kier alpha value is 0.400. The first-order chi connectivity index (χ1) is 21.2. The summed E-state index contributed by atoms with van der Waals surface area (Å²) in [6.45, 7) is 19.3. The van der Waals surface area contributed by atoms with Gasteiger partial charge in [0.25, 0.3) is 0 Å². The maximum absolute atomic E-state index is 11.0. The number of nitrogens with two attached hydrogens (primary N) is 1. The third-order valence-electron chi connectivity index (χ3n) is 8.71. The maximum Gasteiger partial charge on any atom is 0.165 e. The highest BCUT2D eigenvalue weighted by molar-refractivity contribution is 7.14. The fourth-order valence-corrected chi connectivity index (χ4v) is 7.94. The van der Waals surface area contributed by atoms with Crippen molar-refractivity contribution in [3.63, 3.8) is 0 Å². The molecule has 11 nitrogen and oxygen atoms in total. The summed E-state index contributed by atoms with van der Waals surface area (Å²) < 4.78 is 10.1. The van der Waals surface area contributed by atoms with Gasteiger partial charge in [-0.05, 0) is 37.6 Å². The smallest absolute Gasteiger partial charge is 0.165 e. The summed E-state index contributed by atoms with van der Waals surface area (Å²) in [5, 5.41) is 26.9. The van der Waals surface area contributed by atoms with Crippen LogP contribution in [0.5, 0.6) is 0 Å². The molecule has 0 radical (unpaired) electrons. The summed E-state index contributed by atoms with van der Waals surface area (Å²) in [6, 6.07) is 1.94. The van der Waals surface area contributed by atoms with Gasteiger partial charge in [-0.1, -0.05) is 79.9 Å². The zero-order chi connectivity index (χ0) is 34.3. The van der Waals surface area contributed by atoms with Crippen molar-refractivity contribution in [3.05, 3.63) is 12.2 Å². The summed E-state index contributed by atoms with van der Waals surface area (Å²) in [7, 11) is 12.9. The van der Waals surface area contributed by atoms with Crippen molar-refractivity contribution in [2.75, 3.05) is 72.0 Å². The first kappa shape index (κ1) is 43.4. The van der Waals surface area contributed by atoms with Crippen LogP contribution in [-0.4, -0.2) is 129 Å². The van der Waals surface area contributed by atoms with Crippen molar-refractivity contribution in [3.8, 4) is 6.07 Å². The van der Waals surface area contributed by atoms with Gasteiger partial charge in [0, 0.05) is 64.2 Å². The van der Waals surface area contributed by atoms with Crippen LogP contribution in [0.15, 0.2) is 12.2 Å². The van der Waals surface area contributed by atoms with Crippen molar-refractivity contribution in [1.29, 1.82) is 5.26 Å². The molecule has 0 aromatic rings. The Morgan fingerprint density at radius 1 is 0.711 bits per heavy atom. The number of nitriles is 1. The largest absolute Gasteiger partial charge is 0.391 e. The van der Waals surface area contributed by atoms with E-state index in [-0.39, 0.29) is 29.8 Å². The number of carbonyl (C=O) groups excluding carboxylic acids is 2. The minimum Gasteiger partial charge on any atom is -0.391 e. The molecule has 12 unspecified atom stereocenters. The Morgan fingerprint density at radius 2 is 1.18 bits per heavy atom. The number of aliphatic hydroxyl groups is 2. The molecule has 16 heteroatoms. The topological polar surface area (TPSA) is 141 Å². The molecule has 4 N–H and O–H groups in total. The number of ketones is 2. The number of carbonyl (C=O) groups is 2. The van der Waals surface area contributed by atoms with E-state index in [0.29, 0.717) is 43.8 Å². The zero-order valence-corrected chi connectivity index (χ0v) is 33.3. The predicted octanol–water partition coefficient (Wildman–Crippen LogP) is 1.67. The molecule has 5 rings (SSSR count). The molecule has 5 fully saturated rings. The molecule has 0 spiro atoms. The quantitative estimate of drug-likeness (QED) is 0.288. The fraction of sp³-hybridized carbons (Fsp3) is 0.828. The SMILES string of the molecule is C=C1CN(P)CC1CC.CCC1CN(P)CC1=O.CCC1CN(P)CC1O.N#CC1CN(P)CC1=O.NCC1CN(P)CC1O. The summed E-state index contributed by atoms with van der Waals surface area (Å²) in [5.41, 5.74) is 6.79. The van der Waals surface area contributed by atoms with E-state index in [4.69, 9.17) is 11.0 Å². The number of hydrogen-bond acceptors (Lipinski definition) is 11. The van der Waals surface area contributed by atoms with Crippen molar-refractivity contribution in [2.45, 2.75) is 52.2 Å². The Kier molecular flexibility index (Phi) is 22.1. The number of β-amino-alcohol motifs (C(OH)–C–C–N with tert-alkyl or cyclic N) is 2. The van der Waals surface area contributed by atoms with Crippen LogP contribution < -0.4 is 5.73 Å². The van der Waals surface area contributed by atoms with Gasteiger partial charge in [0.1, 0.15) is 5.92 Å². The summed E-state index contributed by atoms with van der Waals surface area (Å²) in [4.78, 5) is 21.7. The van der Waals surface area contributed by atoms with Crippen LogP contribution in [0.1, 0.15) is 40.0 Å². The number of aliphatic hydroxyl groups excluding tert-OH is 2. The van der Waals surface area contributed by atoms with Gasteiger partial charge in [-0.3, -0.25) is 32.9 Å². The van der Waals surface area contributed by atoms with Crippen LogP contribution in [0.2, 0.25) is 0 Å². The average molecular weight is 726 g/mol. The lowest BCUT2D eigenvalue weighted by Gasteiger charge is -2.07. The van der Waals surface area contributed by atoms with Crippen LogP contribution in [0.4, 0.5) is 0 Å². The molecule has 45 heavy (non-hydrogen) atoms. The van der Waals surface area contributed by atoms with E-state index in [0.717, 1.165) is 58.0 Å². The molecule has 5 saturated heterocycles. The summed E-state index contributed by atoms with van der Waals surface area (Å²) in [5.74, 6) is 1.89. The molecule has 0 aromatic carbocycles. The van der Waals surface area contributed by atoms with E-state index >= 15 is 0 Å². The number of rotatable bonds is 4. The minimum atomic E-state index is -0.387. The number of nitrogens with zero attached hydrogens (tertiary/aromatic N) is 6. The fourth-order valence-electron chi connectivity index (χ4n) is 5.65. The molecular weight excluding hydrogens is 665 g/mol. The zero-order valence-electron chi connectivity index (χ0n) is 27.5. The minimum absolute atomic E-state index is 0.0347. The van der Waals surface area contributed by atoms with Gasteiger partial charge >= 0.3 is 0 Å². The van der Waals surface area contributed by atoms with Crippen LogP contribution in [0.25, 0.3) is 0 Å². The van der Waals surface area contributed by atoms with Gasteiger partial charge < -0.3 is 15.9 Å². The Labute approximate surface area is 284 Å². The highest BCUT2D eigenvalue weighted by Crippen LogP contribution is 2.25. The van der Waals surface area contributed by atoms with Gasteiger partial charge in [-0.2, -0.15) is 5.26 Å². The monoisotopic (exact) mass is 725 g/mol. The Morgan fingerprint density at radius 3 is 1.38 bits per heavy atom. The molecule has 12 atom stereocenters. The lowest BCUT2D eigenvalue weighted by Crippen LogP contribution is -2.25. The Balaban J connectivity index is 0.000000281. The molecular formula is C29H60N7O4P5. The van der Waals surface area contributed by atoms with Gasteiger partial charge in [-0.25, -0.2) is 0 Å². The molecule has 0 bridgehead atoms. The first-order valence-electron chi connectivity index (χ1n) is 15.9. The second-order valence-corrected chi connectivity index (χ2v) is 16.1. The van der Waals surface area contributed by atoms with Gasteiger partial charge in [0.15, 0.2) is 11.6 Å². The molecule has 260 valence electrons. The van der Waals surface area contributed by atoms with E-state index in [1.165, 1.54) is 18.5 Å². The van der Waals surface area contributed by atoms with Crippen molar-refractivity contribution in [2.24, 2.45) is 35.3 Å². The highest BCUT2D eigenvalue weighted by Gasteiger charge is 2.29. The first-order valence-corrected chi connectivity index (χ1v) is 18.4. The lowest BCUT2D eigenvalue weighted by atomic mass is 10.0. The third-order valence-corrected chi connectivity index (χ3v) is 10.7. The predicted molar refractivity (Wildman–Crippen MR) is 201 cm³/mol. The summed E-state index contributed by atoms with van der Waals surface area (Å²) >= 11 is 0. The van der Waals surface area contributed by atoms with E-state index in [1.54, 1.807) is 4.67 Å². The van der Waals surface area contributed by atoms with E-state index < -0.39 is 0 Å². The lowest BCUT2D eigenvalue weighted by molar-refractivity contribution is -0.120. The normalized spacial score (nSPS) is 32.6. The number of hydrogen-bond donors (Lipinski definition) is 3. The second kappa shape index (κ2) is 22.9. The van der Waals surface area contributed by atoms with Crippen LogP contribution in [0, 0.1) is 40.9 Å². The molecule has 5 heterocycles. The van der Waals surface area contributed by atoms with Crippen molar-refractivity contribution < 1.29 is 19.8 Å². The molecule has 0 saturated carbocycles. The summed E-state index contributed by atoms with van der Waals surface area (Å²) in [6.07, 6.45) is 3.01. The van der Waals surface area contributed by atoms with Gasteiger partial charge in [0.05, 0.1) is 31.4 Å². The molecule has 0 aliphatic carbocycles. The number of Topliss-reactive ketones (excluding diaryl/α,β-unsaturated/α-hetero) is 2. The molecule has 5 aliphatic rings. The van der Waals surface area contributed by atoms with E-state index in [1.807, 2.05) is 15.4 Å². The van der Waals surface area contributed by atoms with Gasteiger partial charge in [0.2, 0.25) is 0 Å². The maximum atomic E-state index is 11.0. The standard InChI is InChI=1S/C7H14NP.C6H14NOP.C6H12NOP.C5H13N2OP.C5H7N2OP/c1-3-7-5-8(9)4-6(7)2;2*1-2-5-3-7(9)4-6(5)8;2*6-1-4-2-7(9)3-5(4)8/h7H,2-5,9H2,1H3;5-6,8H,2-4,9H2,1H3;5H,2-4,9H2,1H3;4-5,8H,1-3,6,9H2;4H,2-3,9H2. The Bertz CT molecular complexity index is 910. The second-order valence-electron chi connectivity index (χ2n) is 12.5.